The van der Waals surface area contributed by atoms with Crippen LogP contribution < -0.4 is 0 Å². The van der Waals surface area contributed by atoms with Crippen LogP contribution in [-0.4, -0.2) is 15.0 Å². The smallest absolute Gasteiger partial charge is 0.133 e. The minimum Gasteiger partial charge on any atom is -0.260 e. The van der Waals surface area contributed by atoms with E-state index in [1.165, 1.54) is 30.5 Å². The van der Waals surface area contributed by atoms with E-state index in [4.69, 9.17) is 4.98 Å². The van der Waals surface area contributed by atoms with Crippen LogP contribution in [0.1, 0.15) is 60.3 Å². The summed E-state index contributed by atoms with van der Waals surface area (Å²) in [5, 5.41) is 0. The highest BCUT2D eigenvalue weighted by Gasteiger charge is 2.30. The number of hydrogen-bond acceptors (Lipinski definition) is 3. The van der Waals surface area contributed by atoms with Crippen LogP contribution in [0.15, 0.2) is 29.0 Å². The van der Waals surface area contributed by atoms with Gasteiger partial charge in [-0.1, -0.05) is 6.07 Å². The van der Waals surface area contributed by atoms with Crippen LogP contribution in [0.4, 0.5) is 0 Å². The molecule has 0 N–H and O–H groups in total. The van der Waals surface area contributed by atoms with Crippen LogP contribution in [0, 0.1) is 0 Å². The first-order chi connectivity index (χ1) is 9.81. The maximum absolute atomic E-state index is 4.84. The molecule has 1 saturated carbocycles. The standard InChI is InChI=1S/C16H16BrN3/c17-14-9-13(19-16(20-14)11-6-7-11)12-5-1-3-10-4-2-8-18-15(10)12/h2,4,8-9,11-12H,1,3,5-7H2. The number of aromatic nitrogens is 3. The Labute approximate surface area is 127 Å². The zero-order chi connectivity index (χ0) is 13.5. The molecule has 2 aromatic heterocycles. The molecular formula is C16H16BrN3. The molecule has 2 aromatic rings. The Bertz CT molecular complexity index is 652. The van der Waals surface area contributed by atoms with Gasteiger partial charge in [-0.2, -0.15) is 0 Å². The zero-order valence-electron chi connectivity index (χ0n) is 11.2. The summed E-state index contributed by atoms with van der Waals surface area (Å²) in [4.78, 5) is 14.0. The Hall–Kier alpha value is -1.29. The van der Waals surface area contributed by atoms with Gasteiger partial charge in [0.25, 0.3) is 0 Å². The van der Waals surface area contributed by atoms with Crippen molar-refractivity contribution in [3.63, 3.8) is 0 Å². The Morgan fingerprint density at radius 3 is 2.90 bits per heavy atom. The van der Waals surface area contributed by atoms with Gasteiger partial charge >= 0.3 is 0 Å². The number of rotatable bonds is 2. The second kappa shape index (κ2) is 4.92. The van der Waals surface area contributed by atoms with Gasteiger partial charge in [0.1, 0.15) is 10.4 Å². The highest BCUT2D eigenvalue weighted by molar-refractivity contribution is 9.10. The highest BCUT2D eigenvalue weighted by Crippen LogP contribution is 2.40. The first-order valence-corrected chi connectivity index (χ1v) is 8.09. The molecule has 0 radical (unpaired) electrons. The molecule has 1 unspecified atom stereocenters. The SMILES string of the molecule is Brc1cc(C2CCCc3cccnc32)nc(C2CC2)n1. The van der Waals surface area contributed by atoms with Crippen molar-refractivity contribution in [2.24, 2.45) is 0 Å². The molecule has 2 aliphatic carbocycles. The molecular weight excluding hydrogens is 314 g/mol. The number of pyridine rings is 1. The van der Waals surface area contributed by atoms with E-state index in [9.17, 15) is 0 Å². The average molecular weight is 330 g/mol. The predicted octanol–water partition coefficient (Wildman–Crippen LogP) is 3.98. The maximum Gasteiger partial charge on any atom is 0.133 e. The topological polar surface area (TPSA) is 38.7 Å². The molecule has 20 heavy (non-hydrogen) atoms. The fraction of sp³-hybridized carbons (Fsp3) is 0.438. The molecule has 2 heterocycles. The van der Waals surface area contributed by atoms with Crippen molar-refractivity contribution in [3.8, 4) is 0 Å². The normalized spacial score (nSPS) is 21.6. The first-order valence-electron chi connectivity index (χ1n) is 7.29. The van der Waals surface area contributed by atoms with Gasteiger partial charge in [0.2, 0.25) is 0 Å². The third-order valence-electron chi connectivity index (χ3n) is 4.23. The third-order valence-corrected chi connectivity index (χ3v) is 4.63. The van der Waals surface area contributed by atoms with Crippen molar-refractivity contribution >= 4 is 15.9 Å². The lowest BCUT2D eigenvalue weighted by Crippen LogP contribution is -2.15. The molecule has 1 fully saturated rings. The van der Waals surface area contributed by atoms with Crippen LogP contribution in [0.5, 0.6) is 0 Å². The average Bonchev–Trinajstić information content (AvgIpc) is 3.30. The van der Waals surface area contributed by atoms with E-state index in [1.807, 2.05) is 12.3 Å². The van der Waals surface area contributed by atoms with E-state index >= 15 is 0 Å². The van der Waals surface area contributed by atoms with E-state index in [0.29, 0.717) is 11.8 Å². The van der Waals surface area contributed by atoms with Crippen molar-refractivity contribution in [2.45, 2.75) is 43.9 Å². The minimum atomic E-state index is 0.330. The molecule has 0 aliphatic heterocycles. The van der Waals surface area contributed by atoms with Crippen LogP contribution >= 0.6 is 15.9 Å². The van der Waals surface area contributed by atoms with Crippen molar-refractivity contribution in [1.29, 1.82) is 0 Å². The molecule has 3 nitrogen and oxygen atoms in total. The quantitative estimate of drug-likeness (QED) is 0.782. The van der Waals surface area contributed by atoms with Gasteiger partial charge in [-0.15, -0.1) is 0 Å². The van der Waals surface area contributed by atoms with Gasteiger partial charge in [-0.3, -0.25) is 4.98 Å². The van der Waals surface area contributed by atoms with Crippen molar-refractivity contribution in [1.82, 2.24) is 15.0 Å². The van der Waals surface area contributed by atoms with Crippen LogP contribution in [-0.2, 0) is 6.42 Å². The number of aryl methyl sites for hydroxylation is 1. The predicted molar refractivity (Wildman–Crippen MR) is 80.7 cm³/mol. The van der Waals surface area contributed by atoms with Crippen LogP contribution in [0.3, 0.4) is 0 Å². The molecule has 4 rings (SSSR count). The van der Waals surface area contributed by atoms with Gasteiger partial charge in [0.15, 0.2) is 0 Å². The van der Waals surface area contributed by atoms with E-state index in [2.05, 4.69) is 38.0 Å². The number of halogens is 1. The highest BCUT2D eigenvalue weighted by atomic mass is 79.9. The fourth-order valence-electron chi connectivity index (χ4n) is 3.05. The van der Waals surface area contributed by atoms with Gasteiger partial charge in [0, 0.05) is 18.0 Å². The van der Waals surface area contributed by atoms with Crippen molar-refractivity contribution in [3.05, 3.63) is 51.8 Å². The molecule has 0 saturated heterocycles. The molecule has 0 amide bonds. The molecule has 102 valence electrons. The fourth-order valence-corrected chi connectivity index (χ4v) is 3.47. The zero-order valence-corrected chi connectivity index (χ0v) is 12.8. The Morgan fingerprint density at radius 2 is 2.05 bits per heavy atom. The van der Waals surface area contributed by atoms with Gasteiger partial charge in [-0.05, 0) is 65.7 Å². The number of nitrogens with zero attached hydrogens (tertiary/aromatic N) is 3. The van der Waals surface area contributed by atoms with E-state index in [-0.39, 0.29) is 0 Å². The minimum absolute atomic E-state index is 0.330. The maximum atomic E-state index is 4.84. The van der Waals surface area contributed by atoms with Gasteiger partial charge in [-0.25, -0.2) is 9.97 Å². The van der Waals surface area contributed by atoms with Crippen molar-refractivity contribution in [2.75, 3.05) is 0 Å². The molecule has 0 spiro atoms. The summed E-state index contributed by atoms with van der Waals surface area (Å²) in [6, 6.07) is 6.31. The summed E-state index contributed by atoms with van der Waals surface area (Å²) in [7, 11) is 0. The lowest BCUT2D eigenvalue weighted by atomic mass is 9.84. The lowest BCUT2D eigenvalue weighted by molar-refractivity contribution is 0.583. The summed E-state index contributed by atoms with van der Waals surface area (Å²) >= 11 is 3.54. The monoisotopic (exact) mass is 329 g/mol. The van der Waals surface area contributed by atoms with Crippen molar-refractivity contribution < 1.29 is 0 Å². The summed E-state index contributed by atoms with van der Waals surface area (Å²) in [6.07, 6.45) is 7.85. The van der Waals surface area contributed by atoms with Gasteiger partial charge < -0.3 is 0 Å². The molecule has 1 atom stereocenters. The molecule has 0 aromatic carbocycles. The molecule has 2 aliphatic rings. The largest absolute Gasteiger partial charge is 0.260 e. The van der Waals surface area contributed by atoms with Crippen LogP contribution in [0.25, 0.3) is 0 Å². The van der Waals surface area contributed by atoms with E-state index in [0.717, 1.165) is 29.0 Å². The van der Waals surface area contributed by atoms with Crippen LogP contribution in [0.2, 0.25) is 0 Å². The second-order valence-corrected chi connectivity index (χ2v) is 6.55. The van der Waals surface area contributed by atoms with E-state index < -0.39 is 0 Å². The summed E-state index contributed by atoms with van der Waals surface area (Å²) < 4.78 is 0.910. The Balaban J connectivity index is 1.78. The molecule has 4 heteroatoms. The second-order valence-electron chi connectivity index (χ2n) is 5.74. The Kier molecular flexibility index (Phi) is 3.06. The number of fused-ring (bicyclic) bond motifs is 1. The third kappa shape index (κ3) is 2.26. The lowest BCUT2D eigenvalue weighted by Gasteiger charge is -2.24. The summed E-state index contributed by atoms with van der Waals surface area (Å²) in [6.45, 7) is 0. The molecule has 0 bridgehead atoms. The first kappa shape index (κ1) is 12.5. The summed E-state index contributed by atoms with van der Waals surface area (Å²) in [5.74, 6) is 1.92. The van der Waals surface area contributed by atoms with Gasteiger partial charge in [0.05, 0.1) is 11.4 Å². The van der Waals surface area contributed by atoms with E-state index in [1.54, 1.807) is 0 Å². The number of hydrogen-bond donors (Lipinski definition) is 0. The Morgan fingerprint density at radius 1 is 1.15 bits per heavy atom. The summed E-state index contributed by atoms with van der Waals surface area (Å²) in [5.41, 5.74) is 3.73.